The number of aromatic nitrogens is 1. The van der Waals surface area contributed by atoms with Crippen LogP contribution in [0, 0.1) is 5.82 Å². The summed E-state index contributed by atoms with van der Waals surface area (Å²) in [4.78, 5) is 27.5. The Kier molecular flexibility index (Phi) is 5.04. The highest BCUT2D eigenvalue weighted by atomic mass is 32.1. The van der Waals surface area contributed by atoms with Crippen LogP contribution in [0.15, 0.2) is 42.5 Å². The van der Waals surface area contributed by atoms with E-state index >= 15 is 0 Å². The number of hydrogen-bond donors (Lipinski definition) is 2. The fourth-order valence-corrected chi connectivity index (χ4v) is 3.27. The topological polar surface area (TPSA) is 71.1 Å². The van der Waals surface area contributed by atoms with Gasteiger partial charge in [0.2, 0.25) is 11.8 Å². The van der Waals surface area contributed by atoms with Gasteiger partial charge >= 0.3 is 0 Å². The first-order valence-corrected chi connectivity index (χ1v) is 8.54. The van der Waals surface area contributed by atoms with E-state index in [0.717, 1.165) is 15.8 Å². The molecular formula is C18H16FN3O2S. The Balaban J connectivity index is 1.62. The van der Waals surface area contributed by atoms with Crippen LogP contribution in [0.5, 0.6) is 0 Å². The van der Waals surface area contributed by atoms with E-state index in [1.807, 2.05) is 6.07 Å². The molecule has 0 bridgehead atoms. The Bertz CT molecular complexity index is 922. The fourth-order valence-electron chi connectivity index (χ4n) is 2.35. The summed E-state index contributed by atoms with van der Waals surface area (Å²) in [6, 6.07) is 11.5. The van der Waals surface area contributed by atoms with Crippen molar-refractivity contribution in [3.8, 4) is 0 Å². The Morgan fingerprint density at radius 3 is 2.60 bits per heavy atom. The Labute approximate surface area is 147 Å². The van der Waals surface area contributed by atoms with Crippen molar-refractivity contribution in [1.82, 2.24) is 4.98 Å². The molecule has 2 aromatic carbocycles. The molecule has 2 N–H and O–H groups in total. The van der Waals surface area contributed by atoms with E-state index in [2.05, 4.69) is 15.6 Å². The second kappa shape index (κ2) is 7.40. The van der Waals surface area contributed by atoms with Crippen molar-refractivity contribution in [3.05, 3.63) is 53.8 Å². The van der Waals surface area contributed by atoms with Gasteiger partial charge in [-0.25, -0.2) is 9.37 Å². The molecule has 0 atom stereocenters. The molecule has 1 aromatic heterocycles. The van der Waals surface area contributed by atoms with Crippen molar-refractivity contribution >= 4 is 44.2 Å². The van der Waals surface area contributed by atoms with E-state index in [9.17, 15) is 14.0 Å². The number of carbonyl (C=O) groups excluding carboxylic acids is 2. The standard InChI is InChI=1S/C18H16FN3O2S/c1-11(23)20-14-7-8-15-16(10-14)25-18(21-15)22-17(24)9-4-12-2-5-13(19)6-3-12/h2-3,5-8,10H,4,9H2,1H3,(H,20,23)(H,21,22,24). The van der Waals surface area contributed by atoms with Crippen molar-refractivity contribution in [2.24, 2.45) is 0 Å². The lowest BCUT2D eigenvalue weighted by Gasteiger charge is -2.02. The first kappa shape index (κ1) is 17.0. The largest absolute Gasteiger partial charge is 0.326 e. The summed E-state index contributed by atoms with van der Waals surface area (Å²) in [5.41, 5.74) is 2.35. The Morgan fingerprint density at radius 1 is 1.12 bits per heavy atom. The van der Waals surface area contributed by atoms with Crippen LogP contribution < -0.4 is 10.6 Å². The molecule has 128 valence electrons. The van der Waals surface area contributed by atoms with Gasteiger partial charge in [-0.1, -0.05) is 23.5 Å². The minimum atomic E-state index is -0.290. The molecular weight excluding hydrogens is 341 g/mol. The number of nitrogens with zero attached hydrogens (tertiary/aromatic N) is 1. The highest BCUT2D eigenvalue weighted by Crippen LogP contribution is 2.28. The van der Waals surface area contributed by atoms with E-state index in [4.69, 9.17) is 0 Å². The van der Waals surface area contributed by atoms with Crippen molar-refractivity contribution in [2.75, 3.05) is 10.6 Å². The number of aryl methyl sites for hydroxylation is 1. The number of thiazole rings is 1. The van der Waals surface area contributed by atoms with Crippen LogP contribution in [0.3, 0.4) is 0 Å². The molecule has 1 heterocycles. The van der Waals surface area contributed by atoms with Gasteiger partial charge in [0, 0.05) is 19.0 Å². The van der Waals surface area contributed by atoms with Gasteiger partial charge in [-0.3, -0.25) is 9.59 Å². The van der Waals surface area contributed by atoms with Crippen LogP contribution in [-0.4, -0.2) is 16.8 Å². The van der Waals surface area contributed by atoms with Gasteiger partial charge < -0.3 is 10.6 Å². The van der Waals surface area contributed by atoms with Gasteiger partial charge in [0.25, 0.3) is 0 Å². The number of hydrogen-bond acceptors (Lipinski definition) is 4. The van der Waals surface area contributed by atoms with Crippen molar-refractivity contribution < 1.29 is 14.0 Å². The predicted molar refractivity (Wildman–Crippen MR) is 97.3 cm³/mol. The third kappa shape index (κ3) is 4.60. The van der Waals surface area contributed by atoms with Gasteiger partial charge in [-0.05, 0) is 42.3 Å². The zero-order chi connectivity index (χ0) is 17.8. The molecule has 2 amide bonds. The molecule has 3 aromatic rings. The quantitative estimate of drug-likeness (QED) is 0.726. The number of halogens is 1. The zero-order valence-corrected chi connectivity index (χ0v) is 14.3. The van der Waals surface area contributed by atoms with E-state index in [1.165, 1.54) is 30.4 Å². The molecule has 25 heavy (non-hydrogen) atoms. The molecule has 5 nitrogen and oxygen atoms in total. The molecule has 0 spiro atoms. The number of amides is 2. The summed E-state index contributed by atoms with van der Waals surface area (Å²) >= 11 is 1.35. The molecule has 3 rings (SSSR count). The first-order valence-electron chi connectivity index (χ1n) is 7.72. The number of nitrogens with one attached hydrogen (secondary N) is 2. The molecule has 0 aliphatic heterocycles. The molecule has 0 fully saturated rings. The maximum Gasteiger partial charge on any atom is 0.226 e. The van der Waals surface area contributed by atoms with E-state index in [1.54, 1.807) is 24.3 Å². The smallest absolute Gasteiger partial charge is 0.226 e. The molecule has 0 aliphatic rings. The van der Waals surface area contributed by atoms with Crippen LogP contribution >= 0.6 is 11.3 Å². The number of benzene rings is 2. The summed E-state index contributed by atoms with van der Waals surface area (Å²) in [6.07, 6.45) is 0.822. The van der Waals surface area contributed by atoms with Gasteiger partial charge in [-0.2, -0.15) is 0 Å². The third-order valence-corrected chi connectivity index (χ3v) is 4.44. The summed E-state index contributed by atoms with van der Waals surface area (Å²) in [7, 11) is 0. The Morgan fingerprint density at radius 2 is 1.88 bits per heavy atom. The van der Waals surface area contributed by atoms with Gasteiger partial charge in [0.1, 0.15) is 5.82 Å². The zero-order valence-electron chi connectivity index (χ0n) is 13.5. The maximum absolute atomic E-state index is 12.9. The molecule has 0 saturated carbocycles. The molecule has 0 radical (unpaired) electrons. The van der Waals surface area contributed by atoms with Crippen LogP contribution in [0.2, 0.25) is 0 Å². The van der Waals surface area contributed by atoms with Gasteiger partial charge in [0.15, 0.2) is 5.13 Å². The van der Waals surface area contributed by atoms with Crippen LogP contribution in [-0.2, 0) is 16.0 Å². The van der Waals surface area contributed by atoms with Gasteiger partial charge in [0.05, 0.1) is 10.2 Å². The maximum atomic E-state index is 12.9. The molecule has 7 heteroatoms. The Hall–Kier alpha value is -2.80. The summed E-state index contributed by atoms with van der Waals surface area (Å²) in [6.45, 7) is 1.45. The number of fused-ring (bicyclic) bond motifs is 1. The SMILES string of the molecule is CC(=O)Nc1ccc2nc(NC(=O)CCc3ccc(F)cc3)sc2c1. The minimum absolute atomic E-state index is 0.141. The normalized spacial score (nSPS) is 10.6. The number of carbonyl (C=O) groups is 2. The molecule has 0 unspecified atom stereocenters. The van der Waals surface area contributed by atoms with Crippen molar-refractivity contribution in [1.29, 1.82) is 0 Å². The lowest BCUT2D eigenvalue weighted by Crippen LogP contribution is -2.12. The second-order valence-corrected chi connectivity index (χ2v) is 6.59. The second-order valence-electron chi connectivity index (χ2n) is 5.56. The lowest BCUT2D eigenvalue weighted by atomic mass is 10.1. The summed E-state index contributed by atoms with van der Waals surface area (Å²) in [5.74, 6) is -0.579. The highest BCUT2D eigenvalue weighted by Gasteiger charge is 2.09. The minimum Gasteiger partial charge on any atom is -0.326 e. The predicted octanol–water partition coefficient (Wildman–Crippen LogP) is 3.97. The fraction of sp³-hybridized carbons (Fsp3) is 0.167. The van der Waals surface area contributed by atoms with Crippen molar-refractivity contribution in [2.45, 2.75) is 19.8 Å². The lowest BCUT2D eigenvalue weighted by molar-refractivity contribution is -0.116. The average Bonchev–Trinajstić information content (AvgIpc) is 2.95. The van der Waals surface area contributed by atoms with Crippen LogP contribution in [0.25, 0.3) is 10.2 Å². The molecule has 0 saturated heterocycles. The first-order chi connectivity index (χ1) is 12.0. The summed E-state index contributed by atoms with van der Waals surface area (Å²) in [5, 5.41) is 6.01. The van der Waals surface area contributed by atoms with Gasteiger partial charge in [-0.15, -0.1) is 0 Å². The summed E-state index contributed by atoms with van der Waals surface area (Å²) < 4.78 is 13.7. The average molecular weight is 357 g/mol. The number of anilines is 2. The van der Waals surface area contributed by atoms with Crippen molar-refractivity contribution in [3.63, 3.8) is 0 Å². The van der Waals surface area contributed by atoms with Crippen LogP contribution in [0.1, 0.15) is 18.9 Å². The monoisotopic (exact) mass is 357 g/mol. The van der Waals surface area contributed by atoms with Crippen LogP contribution in [0.4, 0.5) is 15.2 Å². The number of rotatable bonds is 5. The van der Waals surface area contributed by atoms with E-state index in [-0.39, 0.29) is 17.6 Å². The molecule has 0 aliphatic carbocycles. The van der Waals surface area contributed by atoms with E-state index in [0.29, 0.717) is 23.7 Å². The third-order valence-electron chi connectivity index (χ3n) is 3.51. The highest BCUT2D eigenvalue weighted by molar-refractivity contribution is 7.22. The van der Waals surface area contributed by atoms with E-state index < -0.39 is 0 Å².